The first-order valence-electron chi connectivity index (χ1n) is 5.42. The molecule has 0 aliphatic rings. The molecule has 0 saturated heterocycles. The highest BCUT2D eigenvalue weighted by Gasteiger charge is 2.15. The number of carbonyl (C=O) groups is 1. The molecule has 1 N–H and O–H groups in total. The van der Waals surface area contributed by atoms with E-state index in [1.54, 1.807) is 18.5 Å². The fourth-order valence-corrected chi connectivity index (χ4v) is 1.71. The maximum atomic E-state index is 10.8. The lowest BCUT2D eigenvalue weighted by molar-refractivity contribution is 0.0652. The van der Waals surface area contributed by atoms with Crippen LogP contribution in [0.1, 0.15) is 10.6 Å². The van der Waals surface area contributed by atoms with E-state index in [9.17, 15) is 4.79 Å². The van der Waals surface area contributed by atoms with Gasteiger partial charge in [-0.3, -0.25) is 0 Å². The molecule has 0 fully saturated rings. The summed E-state index contributed by atoms with van der Waals surface area (Å²) in [5, 5.41) is 20.7. The van der Waals surface area contributed by atoms with Gasteiger partial charge in [0.15, 0.2) is 0 Å². The molecule has 2 aromatic heterocycles. The molecule has 1 aromatic carbocycles. The van der Waals surface area contributed by atoms with Gasteiger partial charge in [0.1, 0.15) is 5.69 Å². The van der Waals surface area contributed by atoms with Crippen LogP contribution < -0.4 is 0 Å². The number of para-hydroxylation sites is 1. The third kappa shape index (κ3) is 1.97. The van der Waals surface area contributed by atoms with E-state index >= 15 is 0 Å². The number of carboxylic acid groups (broad SMARTS) is 1. The number of hydrogen-bond acceptors (Lipinski definition) is 5. The van der Waals surface area contributed by atoms with Crippen molar-refractivity contribution in [2.75, 3.05) is 0 Å². The predicted octanol–water partition coefficient (Wildman–Crippen LogP) is 1.62. The Morgan fingerprint density at radius 1 is 1.21 bits per heavy atom. The maximum absolute atomic E-state index is 10.8. The molecule has 0 amide bonds. The topological polar surface area (TPSA) is 94.0 Å². The van der Waals surface area contributed by atoms with Crippen LogP contribution >= 0.6 is 0 Å². The Hall–Kier alpha value is -2.96. The molecule has 0 radical (unpaired) electrons. The molecule has 0 saturated carbocycles. The van der Waals surface area contributed by atoms with Crippen LogP contribution in [0.4, 0.5) is 0 Å². The normalized spacial score (nSPS) is 10.5. The number of hydrogen-bond donors (Lipinski definition) is 1. The fraction of sp³-hybridized carbons (Fsp3) is 0. The zero-order valence-corrected chi connectivity index (χ0v) is 9.59. The first kappa shape index (κ1) is 11.1. The van der Waals surface area contributed by atoms with E-state index in [-0.39, 0.29) is 5.76 Å². The molecule has 0 aliphatic heterocycles. The predicted molar refractivity (Wildman–Crippen MR) is 63.8 cm³/mol. The van der Waals surface area contributed by atoms with Crippen LogP contribution in [-0.2, 0) is 0 Å². The Labute approximate surface area is 107 Å². The fourth-order valence-electron chi connectivity index (χ4n) is 1.71. The van der Waals surface area contributed by atoms with Crippen molar-refractivity contribution in [3.63, 3.8) is 0 Å². The molecule has 0 atom stereocenters. The third-order valence-corrected chi connectivity index (χ3v) is 2.54. The van der Waals surface area contributed by atoms with Gasteiger partial charge in [0.2, 0.25) is 5.76 Å². The van der Waals surface area contributed by atoms with E-state index in [1.807, 2.05) is 18.2 Å². The molecule has 3 aromatic rings. The minimum absolute atomic E-state index is 0.210. The van der Waals surface area contributed by atoms with Crippen LogP contribution in [0.25, 0.3) is 16.9 Å². The average Bonchev–Trinajstić information content (AvgIpc) is 3.10. The molecule has 7 heteroatoms. The van der Waals surface area contributed by atoms with Crippen molar-refractivity contribution >= 4 is 5.97 Å². The van der Waals surface area contributed by atoms with Crippen molar-refractivity contribution in [1.82, 2.24) is 20.2 Å². The van der Waals surface area contributed by atoms with Gasteiger partial charge < -0.3 is 9.63 Å². The highest BCUT2D eigenvalue weighted by molar-refractivity contribution is 5.86. The molecule has 19 heavy (non-hydrogen) atoms. The molecular formula is C12H8N4O3. The van der Waals surface area contributed by atoms with Crippen molar-refractivity contribution in [3.8, 4) is 16.9 Å². The summed E-state index contributed by atoms with van der Waals surface area (Å²) in [7, 11) is 0. The second-order valence-corrected chi connectivity index (χ2v) is 3.72. The number of benzene rings is 1. The Bertz CT molecular complexity index is 718. The van der Waals surface area contributed by atoms with Gasteiger partial charge in [-0.1, -0.05) is 23.4 Å². The smallest absolute Gasteiger partial charge is 0.374 e. The van der Waals surface area contributed by atoms with Crippen LogP contribution in [0.15, 0.2) is 47.2 Å². The summed E-state index contributed by atoms with van der Waals surface area (Å²) in [5.41, 5.74) is 1.80. The summed E-state index contributed by atoms with van der Waals surface area (Å²) >= 11 is 0. The van der Waals surface area contributed by atoms with Crippen LogP contribution in [0.5, 0.6) is 0 Å². The molecule has 0 unspecified atom stereocenters. The van der Waals surface area contributed by atoms with Gasteiger partial charge in [-0.25, -0.2) is 4.79 Å². The molecule has 0 spiro atoms. The quantitative estimate of drug-likeness (QED) is 0.765. The van der Waals surface area contributed by atoms with Gasteiger partial charge in [-0.2, -0.15) is 15.0 Å². The van der Waals surface area contributed by atoms with E-state index in [2.05, 4.69) is 15.4 Å². The first-order chi connectivity index (χ1) is 9.25. The summed E-state index contributed by atoms with van der Waals surface area (Å²) in [5.74, 6) is -1.37. The molecule has 3 rings (SSSR count). The summed E-state index contributed by atoms with van der Waals surface area (Å²) in [6.07, 6.45) is 3.12. The van der Waals surface area contributed by atoms with Crippen molar-refractivity contribution in [1.29, 1.82) is 0 Å². The average molecular weight is 256 g/mol. The van der Waals surface area contributed by atoms with E-state index in [0.29, 0.717) is 16.9 Å². The van der Waals surface area contributed by atoms with Crippen molar-refractivity contribution in [2.45, 2.75) is 0 Å². The second-order valence-electron chi connectivity index (χ2n) is 3.72. The lowest BCUT2D eigenvalue weighted by Crippen LogP contribution is -2.00. The minimum Gasteiger partial charge on any atom is -0.475 e. The number of aromatic nitrogens is 4. The van der Waals surface area contributed by atoms with E-state index < -0.39 is 5.97 Å². The molecule has 7 nitrogen and oxygen atoms in total. The summed E-state index contributed by atoms with van der Waals surface area (Å²) in [4.78, 5) is 12.2. The zero-order valence-electron chi connectivity index (χ0n) is 9.59. The zero-order chi connectivity index (χ0) is 13.2. The lowest BCUT2D eigenvalue weighted by Gasteiger charge is -2.04. The van der Waals surface area contributed by atoms with E-state index in [0.717, 1.165) is 0 Å². The Morgan fingerprint density at radius 2 is 1.95 bits per heavy atom. The molecule has 2 heterocycles. The van der Waals surface area contributed by atoms with Crippen molar-refractivity contribution in [3.05, 3.63) is 48.5 Å². The van der Waals surface area contributed by atoms with Crippen LogP contribution in [0, 0.1) is 0 Å². The summed E-state index contributed by atoms with van der Waals surface area (Å²) in [6.45, 7) is 0. The highest BCUT2D eigenvalue weighted by atomic mass is 16.5. The minimum atomic E-state index is -1.16. The number of nitrogens with zero attached hydrogens (tertiary/aromatic N) is 4. The maximum Gasteiger partial charge on any atom is 0.374 e. The van der Waals surface area contributed by atoms with Crippen LogP contribution in [0.3, 0.4) is 0 Å². The number of rotatable bonds is 3. The third-order valence-electron chi connectivity index (χ3n) is 2.54. The second kappa shape index (κ2) is 4.37. The van der Waals surface area contributed by atoms with Crippen molar-refractivity contribution < 1.29 is 14.4 Å². The SMILES string of the molecule is O=C(O)c1cc(-c2ccccc2-n2nccn2)no1. The van der Waals surface area contributed by atoms with E-state index in [4.69, 9.17) is 9.63 Å². The number of aromatic carboxylic acids is 1. The Balaban J connectivity index is 2.12. The Kier molecular flexibility index (Phi) is 2.57. The van der Waals surface area contributed by atoms with Gasteiger partial charge in [-0.05, 0) is 6.07 Å². The molecule has 0 aliphatic carbocycles. The molecule has 94 valence electrons. The highest BCUT2D eigenvalue weighted by Crippen LogP contribution is 2.25. The monoisotopic (exact) mass is 256 g/mol. The van der Waals surface area contributed by atoms with Crippen LogP contribution in [-0.4, -0.2) is 31.2 Å². The molecule has 0 bridgehead atoms. The van der Waals surface area contributed by atoms with Gasteiger partial charge in [0.25, 0.3) is 0 Å². The first-order valence-corrected chi connectivity index (χ1v) is 5.42. The lowest BCUT2D eigenvalue weighted by atomic mass is 10.1. The van der Waals surface area contributed by atoms with Crippen molar-refractivity contribution in [2.24, 2.45) is 0 Å². The van der Waals surface area contributed by atoms with Gasteiger partial charge >= 0.3 is 5.97 Å². The summed E-state index contributed by atoms with van der Waals surface area (Å²) in [6, 6.07) is 8.62. The van der Waals surface area contributed by atoms with E-state index in [1.165, 1.54) is 10.9 Å². The molecular weight excluding hydrogens is 248 g/mol. The van der Waals surface area contributed by atoms with Gasteiger partial charge in [0, 0.05) is 11.6 Å². The van der Waals surface area contributed by atoms with Gasteiger partial charge in [0.05, 0.1) is 18.1 Å². The van der Waals surface area contributed by atoms with Gasteiger partial charge in [-0.15, -0.1) is 0 Å². The Morgan fingerprint density at radius 3 is 2.63 bits per heavy atom. The van der Waals surface area contributed by atoms with Crippen LogP contribution in [0.2, 0.25) is 0 Å². The summed E-state index contributed by atoms with van der Waals surface area (Å²) < 4.78 is 4.75. The standard InChI is InChI=1S/C12H8N4O3/c17-12(18)11-7-9(15-19-11)8-3-1-2-4-10(8)16-13-5-6-14-16/h1-7H,(H,17,18). The largest absolute Gasteiger partial charge is 0.475 e. The number of carboxylic acids is 1.